The number of rotatable bonds is 4. The van der Waals surface area contributed by atoms with Gasteiger partial charge in [0.2, 0.25) is 0 Å². The Morgan fingerprint density at radius 2 is 2.00 bits per heavy atom. The van der Waals surface area contributed by atoms with Gasteiger partial charge in [-0.25, -0.2) is 8.78 Å². The Morgan fingerprint density at radius 1 is 1.44 bits per heavy atom. The number of carbonyl (C=O) groups is 2. The number of hydrogen-bond donors (Lipinski definition) is 1. The molecule has 1 saturated heterocycles. The molecule has 0 radical (unpaired) electrons. The number of esters is 1. The van der Waals surface area contributed by atoms with Crippen molar-refractivity contribution in [2.75, 3.05) is 26.7 Å². The number of carboxylic acids is 1. The number of alkyl halides is 2. The van der Waals surface area contributed by atoms with Crippen LogP contribution in [0.4, 0.5) is 8.78 Å². The predicted molar refractivity (Wildman–Crippen MR) is 49.1 cm³/mol. The van der Waals surface area contributed by atoms with Crippen molar-refractivity contribution in [2.24, 2.45) is 11.8 Å². The topological polar surface area (TPSA) is 66.8 Å². The van der Waals surface area contributed by atoms with Gasteiger partial charge >= 0.3 is 11.9 Å². The number of halogens is 2. The summed E-state index contributed by atoms with van der Waals surface area (Å²) >= 11 is 0. The van der Waals surface area contributed by atoms with Gasteiger partial charge in [-0.2, -0.15) is 0 Å². The number of likely N-dealkylation sites (tertiary alicyclic amines) is 1. The maximum atomic E-state index is 12.1. The van der Waals surface area contributed by atoms with Crippen molar-refractivity contribution in [1.29, 1.82) is 0 Å². The van der Waals surface area contributed by atoms with Crippen LogP contribution in [0.5, 0.6) is 0 Å². The molecular formula is C9H13F2NO4. The Hall–Kier alpha value is -1.24. The van der Waals surface area contributed by atoms with Crippen LogP contribution in [0, 0.1) is 11.8 Å². The molecule has 0 unspecified atom stereocenters. The van der Waals surface area contributed by atoms with Crippen LogP contribution in [-0.2, 0) is 14.3 Å². The first-order valence-electron chi connectivity index (χ1n) is 4.76. The quantitative estimate of drug-likeness (QED) is 0.700. The largest absolute Gasteiger partial charge is 0.481 e. The summed E-state index contributed by atoms with van der Waals surface area (Å²) < 4.78 is 28.7. The van der Waals surface area contributed by atoms with E-state index in [0.717, 1.165) is 7.11 Å². The summed E-state index contributed by atoms with van der Waals surface area (Å²) in [5.74, 6) is -3.65. The molecule has 0 spiro atoms. The number of ether oxygens (including phenoxy) is 1. The second kappa shape index (κ2) is 5.20. The van der Waals surface area contributed by atoms with E-state index in [2.05, 4.69) is 4.74 Å². The van der Waals surface area contributed by atoms with Crippen LogP contribution in [0.2, 0.25) is 0 Å². The van der Waals surface area contributed by atoms with Crippen molar-refractivity contribution in [3.05, 3.63) is 0 Å². The van der Waals surface area contributed by atoms with Crippen LogP contribution in [-0.4, -0.2) is 55.1 Å². The maximum Gasteiger partial charge on any atom is 0.310 e. The zero-order valence-electron chi connectivity index (χ0n) is 8.73. The number of methoxy groups -OCH3 is 1. The van der Waals surface area contributed by atoms with Gasteiger partial charge in [0.25, 0.3) is 6.43 Å². The normalized spacial score (nSPS) is 26.0. The van der Waals surface area contributed by atoms with Crippen molar-refractivity contribution < 1.29 is 28.2 Å². The zero-order chi connectivity index (χ0) is 12.3. The minimum Gasteiger partial charge on any atom is -0.481 e. The van der Waals surface area contributed by atoms with E-state index in [9.17, 15) is 18.4 Å². The van der Waals surface area contributed by atoms with Crippen LogP contribution < -0.4 is 0 Å². The van der Waals surface area contributed by atoms with Gasteiger partial charge in [-0.05, 0) is 0 Å². The fraction of sp³-hybridized carbons (Fsp3) is 0.778. The molecule has 5 nitrogen and oxygen atoms in total. The maximum absolute atomic E-state index is 12.1. The van der Waals surface area contributed by atoms with Crippen LogP contribution in [0.15, 0.2) is 0 Å². The Kier molecular flexibility index (Phi) is 4.17. The lowest BCUT2D eigenvalue weighted by atomic mass is 9.97. The lowest BCUT2D eigenvalue weighted by Gasteiger charge is -2.13. The minimum absolute atomic E-state index is 0.00792. The third kappa shape index (κ3) is 2.88. The molecule has 0 aromatic rings. The predicted octanol–water partition coefficient (Wildman–Crippen LogP) is 0.0571. The molecule has 1 N–H and O–H groups in total. The van der Waals surface area contributed by atoms with Gasteiger partial charge in [0.15, 0.2) is 0 Å². The summed E-state index contributed by atoms with van der Waals surface area (Å²) in [4.78, 5) is 23.4. The summed E-state index contributed by atoms with van der Waals surface area (Å²) in [5.41, 5.74) is 0. The van der Waals surface area contributed by atoms with Gasteiger partial charge in [-0.15, -0.1) is 0 Å². The molecule has 16 heavy (non-hydrogen) atoms. The van der Waals surface area contributed by atoms with E-state index >= 15 is 0 Å². The number of carboxylic acid groups (broad SMARTS) is 1. The number of aliphatic carboxylic acids is 1. The summed E-state index contributed by atoms with van der Waals surface area (Å²) in [7, 11) is 1.15. The molecule has 0 aromatic carbocycles. The first kappa shape index (κ1) is 12.8. The first-order valence-corrected chi connectivity index (χ1v) is 4.76. The lowest BCUT2D eigenvalue weighted by molar-refractivity contribution is -0.153. The van der Waals surface area contributed by atoms with E-state index in [0.29, 0.717) is 0 Å². The van der Waals surface area contributed by atoms with Crippen molar-refractivity contribution in [3.63, 3.8) is 0 Å². The van der Waals surface area contributed by atoms with E-state index in [4.69, 9.17) is 5.11 Å². The number of nitrogens with zero attached hydrogens (tertiary/aromatic N) is 1. The molecular weight excluding hydrogens is 224 g/mol. The molecule has 2 atom stereocenters. The highest BCUT2D eigenvalue weighted by atomic mass is 19.3. The average Bonchev–Trinajstić information content (AvgIpc) is 2.59. The first-order chi connectivity index (χ1) is 7.45. The van der Waals surface area contributed by atoms with Crippen LogP contribution in [0.3, 0.4) is 0 Å². The summed E-state index contributed by atoms with van der Waals surface area (Å²) in [6, 6.07) is 0. The van der Waals surface area contributed by atoms with Crippen molar-refractivity contribution >= 4 is 11.9 Å². The molecule has 0 amide bonds. The molecule has 92 valence electrons. The van der Waals surface area contributed by atoms with Crippen LogP contribution in [0.25, 0.3) is 0 Å². The number of carbonyl (C=O) groups excluding carboxylic acids is 1. The Bertz CT molecular complexity index is 285. The standard InChI is InChI=1S/C9H13F2NO4/c1-16-9(15)6-3-12(4-7(10)11)2-5(6)8(13)14/h5-7H,2-4H2,1H3,(H,13,14)/t5-,6-/m0/s1. The highest BCUT2D eigenvalue weighted by Gasteiger charge is 2.43. The van der Waals surface area contributed by atoms with Gasteiger partial charge in [-0.3, -0.25) is 14.5 Å². The highest BCUT2D eigenvalue weighted by molar-refractivity contribution is 5.82. The molecule has 1 aliphatic heterocycles. The smallest absolute Gasteiger partial charge is 0.310 e. The van der Waals surface area contributed by atoms with E-state index in [-0.39, 0.29) is 13.1 Å². The molecule has 0 bridgehead atoms. The molecule has 7 heteroatoms. The average molecular weight is 237 g/mol. The lowest BCUT2D eigenvalue weighted by Crippen LogP contribution is -2.29. The fourth-order valence-electron chi connectivity index (χ4n) is 1.87. The third-order valence-electron chi connectivity index (χ3n) is 2.61. The van der Waals surface area contributed by atoms with Crippen molar-refractivity contribution in [3.8, 4) is 0 Å². The molecule has 1 heterocycles. The van der Waals surface area contributed by atoms with Gasteiger partial charge in [0.1, 0.15) is 0 Å². The Morgan fingerprint density at radius 3 is 2.44 bits per heavy atom. The van der Waals surface area contributed by atoms with Crippen molar-refractivity contribution in [2.45, 2.75) is 6.43 Å². The summed E-state index contributed by atoms with van der Waals surface area (Å²) in [5, 5.41) is 8.86. The summed E-state index contributed by atoms with van der Waals surface area (Å²) in [6.07, 6.45) is -2.54. The molecule has 1 fully saturated rings. The number of hydrogen-bond acceptors (Lipinski definition) is 4. The van der Waals surface area contributed by atoms with Crippen LogP contribution in [0.1, 0.15) is 0 Å². The molecule has 1 rings (SSSR count). The van der Waals surface area contributed by atoms with E-state index in [1.165, 1.54) is 4.90 Å². The zero-order valence-corrected chi connectivity index (χ0v) is 8.73. The second-order valence-corrected chi connectivity index (χ2v) is 3.68. The van der Waals surface area contributed by atoms with E-state index in [1.807, 2.05) is 0 Å². The van der Waals surface area contributed by atoms with E-state index < -0.39 is 36.7 Å². The van der Waals surface area contributed by atoms with E-state index in [1.54, 1.807) is 0 Å². The van der Waals surface area contributed by atoms with Gasteiger partial charge < -0.3 is 9.84 Å². The SMILES string of the molecule is COC(=O)[C@H]1CN(CC(F)F)C[C@@H]1C(=O)O. The molecule has 0 saturated carbocycles. The second-order valence-electron chi connectivity index (χ2n) is 3.68. The monoisotopic (exact) mass is 237 g/mol. The Balaban J connectivity index is 2.68. The highest BCUT2D eigenvalue weighted by Crippen LogP contribution is 2.25. The van der Waals surface area contributed by atoms with Gasteiger partial charge in [0, 0.05) is 13.1 Å². The molecule has 0 aliphatic carbocycles. The van der Waals surface area contributed by atoms with Crippen molar-refractivity contribution in [1.82, 2.24) is 4.90 Å². The minimum atomic E-state index is -2.54. The van der Waals surface area contributed by atoms with Gasteiger partial charge in [0.05, 0.1) is 25.5 Å². The Labute approximate surface area is 91.0 Å². The summed E-state index contributed by atoms with van der Waals surface area (Å²) in [6.45, 7) is -0.551. The molecule has 0 aromatic heterocycles. The third-order valence-corrected chi connectivity index (χ3v) is 2.61. The fourth-order valence-corrected chi connectivity index (χ4v) is 1.87. The molecule has 1 aliphatic rings. The van der Waals surface area contributed by atoms with Gasteiger partial charge in [-0.1, -0.05) is 0 Å². The van der Waals surface area contributed by atoms with Crippen LogP contribution >= 0.6 is 0 Å².